The lowest BCUT2D eigenvalue weighted by atomic mass is 10.0. The van der Waals surface area contributed by atoms with Crippen molar-refractivity contribution in [1.82, 2.24) is 0 Å². The number of ether oxygens (including phenoxy) is 2. The molecule has 0 aliphatic heterocycles. The molecular weight excluding hydrogens is 592 g/mol. The fourth-order valence-corrected chi connectivity index (χ4v) is 6.01. The van der Waals surface area contributed by atoms with Crippen LogP contribution in [0.5, 0.6) is 0 Å². The minimum Gasteiger partial charge on any atom is -0.465 e. The molecule has 0 aromatic carbocycles. The van der Waals surface area contributed by atoms with Crippen molar-refractivity contribution < 1.29 is 19.1 Å². The van der Waals surface area contributed by atoms with E-state index in [4.69, 9.17) is 9.47 Å². The molecule has 0 N–H and O–H groups in total. The molecule has 0 aromatic rings. The second-order valence-electron chi connectivity index (χ2n) is 14.5. The molecule has 4 heteroatoms. The largest absolute Gasteiger partial charge is 0.465 e. The quantitative estimate of drug-likeness (QED) is 0.0373. The van der Waals surface area contributed by atoms with Crippen LogP contribution in [0, 0.1) is 5.92 Å². The summed E-state index contributed by atoms with van der Waals surface area (Å²) in [5, 5.41) is 0. The highest BCUT2D eigenvalue weighted by Crippen LogP contribution is 2.15. The van der Waals surface area contributed by atoms with Gasteiger partial charge in [-0.25, -0.2) is 4.79 Å². The molecule has 4 nitrogen and oxygen atoms in total. The third-order valence-corrected chi connectivity index (χ3v) is 9.67. The van der Waals surface area contributed by atoms with Crippen LogP contribution in [-0.4, -0.2) is 25.2 Å². The van der Waals surface area contributed by atoms with E-state index in [1.54, 1.807) is 0 Å². The van der Waals surface area contributed by atoms with Gasteiger partial charge >= 0.3 is 11.9 Å². The van der Waals surface area contributed by atoms with Crippen molar-refractivity contribution in [2.45, 2.75) is 240 Å². The molecule has 286 valence electrons. The maximum atomic E-state index is 11.5. The molecule has 0 fully saturated rings. The molecule has 1 unspecified atom stereocenters. The minimum atomic E-state index is -0.300. The van der Waals surface area contributed by atoms with Gasteiger partial charge in [0.2, 0.25) is 0 Å². The van der Waals surface area contributed by atoms with Gasteiger partial charge in [0.1, 0.15) is 0 Å². The van der Waals surface area contributed by atoms with Crippen molar-refractivity contribution >= 4 is 11.9 Å². The Morgan fingerprint density at radius 2 is 0.688 bits per heavy atom. The van der Waals surface area contributed by atoms with Gasteiger partial charge in [-0.2, -0.15) is 0 Å². The van der Waals surface area contributed by atoms with Gasteiger partial charge in [0, 0.05) is 6.08 Å². The van der Waals surface area contributed by atoms with E-state index in [1.807, 2.05) is 13.8 Å². The lowest BCUT2D eigenvalue weighted by Crippen LogP contribution is -2.14. The molecule has 0 rings (SSSR count). The molecule has 0 heterocycles. The lowest BCUT2D eigenvalue weighted by Gasteiger charge is -2.08. The Bertz CT molecular complexity index is 646. The average molecular weight is 679 g/mol. The van der Waals surface area contributed by atoms with E-state index >= 15 is 0 Å². The predicted molar refractivity (Wildman–Crippen MR) is 211 cm³/mol. The molecule has 0 spiro atoms. The summed E-state index contributed by atoms with van der Waals surface area (Å²) in [5.74, 6) is -0.268. The molecule has 0 amide bonds. The third-order valence-electron chi connectivity index (χ3n) is 9.67. The molecule has 0 aromatic heterocycles. The lowest BCUT2D eigenvalue weighted by molar-refractivity contribution is -0.148. The van der Waals surface area contributed by atoms with Gasteiger partial charge in [0.15, 0.2) is 0 Å². The average Bonchev–Trinajstić information content (AvgIpc) is 3.10. The van der Waals surface area contributed by atoms with Crippen molar-refractivity contribution in [3.8, 4) is 0 Å². The molecule has 0 bridgehead atoms. The van der Waals surface area contributed by atoms with E-state index in [2.05, 4.69) is 20.4 Å². The highest BCUT2D eigenvalue weighted by Gasteiger charge is 2.10. The Morgan fingerprint density at radius 1 is 0.438 bits per heavy atom. The van der Waals surface area contributed by atoms with E-state index in [1.165, 1.54) is 199 Å². The fourth-order valence-electron chi connectivity index (χ4n) is 6.01. The summed E-state index contributed by atoms with van der Waals surface area (Å²) >= 11 is 0. The fraction of sp³-hybridized carbons (Fsp3) is 0.909. The van der Waals surface area contributed by atoms with Crippen LogP contribution in [0.1, 0.15) is 240 Å². The Kier molecular flexibility index (Phi) is 44.4. The molecular formula is C44H86O4. The number of hydrogen-bond acceptors (Lipinski definition) is 4. The number of carbonyl (C=O) groups excluding carboxylic acids is 2. The van der Waals surface area contributed by atoms with E-state index in [0.29, 0.717) is 13.2 Å². The van der Waals surface area contributed by atoms with Crippen LogP contribution in [0.4, 0.5) is 0 Å². The number of hydrogen-bond donors (Lipinski definition) is 0. The van der Waals surface area contributed by atoms with Crippen LogP contribution < -0.4 is 0 Å². The van der Waals surface area contributed by atoms with Crippen molar-refractivity contribution in [3.63, 3.8) is 0 Å². The van der Waals surface area contributed by atoms with Gasteiger partial charge in [0.05, 0.1) is 19.1 Å². The Balaban J connectivity index is 0. The van der Waals surface area contributed by atoms with Crippen LogP contribution in [0.15, 0.2) is 12.7 Å². The standard InChI is InChI=1S/C23H46O2.C21H40O2/c1-4-6-7-8-9-10-11-12-13-14-15-16-17-18-19-20-21-25-23(24)22(3)5-2;1-3-5-6-7-8-9-10-11-12-13-14-15-16-17-18-19-20-23-21(22)4-2/h22H,4-21H2,1-3H3;4H,2-3,5-20H2,1H3. The monoisotopic (exact) mass is 679 g/mol. The Hall–Kier alpha value is -1.32. The first-order valence-corrected chi connectivity index (χ1v) is 21.5. The first-order valence-electron chi connectivity index (χ1n) is 21.5. The topological polar surface area (TPSA) is 52.6 Å². The Morgan fingerprint density at radius 3 is 0.938 bits per heavy atom. The van der Waals surface area contributed by atoms with Crippen molar-refractivity contribution in [3.05, 3.63) is 12.7 Å². The van der Waals surface area contributed by atoms with Gasteiger partial charge in [-0.3, -0.25) is 4.79 Å². The first kappa shape index (κ1) is 48.8. The summed E-state index contributed by atoms with van der Waals surface area (Å²) in [7, 11) is 0. The van der Waals surface area contributed by atoms with Crippen molar-refractivity contribution in [2.75, 3.05) is 13.2 Å². The zero-order chi connectivity index (χ0) is 35.6. The SMILES string of the molecule is C=CC(=O)OCCCCCCCCCCCCCCCCCC.CCCCCCCCCCCCCCCCCCOC(=O)C(C)CC. The summed E-state index contributed by atoms with van der Waals surface area (Å²) in [4.78, 5) is 22.3. The number of esters is 2. The maximum Gasteiger partial charge on any atom is 0.330 e. The van der Waals surface area contributed by atoms with Crippen LogP contribution in [-0.2, 0) is 19.1 Å². The summed E-state index contributed by atoms with van der Waals surface area (Å²) in [6, 6.07) is 0. The minimum absolute atomic E-state index is 0.0246. The summed E-state index contributed by atoms with van der Waals surface area (Å²) in [6.45, 7) is 13.1. The predicted octanol–water partition coefficient (Wildman–Crippen LogP) is 14.8. The third kappa shape index (κ3) is 42.7. The van der Waals surface area contributed by atoms with Gasteiger partial charge in [0.25, 0.3) is 0 Å². The van der Waals surface area contributed by atoms with Crippen molar-refractivity contribution in [2.24, 2.45) is 5.92 Å². The number of carbonyl (C=O) groups is 2. The summed E-state index contributed by atoms with van der Waals surface area (Å²) in [5.41, 5.74) is 0. The highest BCUT2D eigenvalue weighted by atomic mass is 16.5. The Labute approximate surface area is 301 Å². The molecule has 48 heavy (non-hydrogen) atoms. The molecule has 0 aliphatic carbocycles. The zero-order valence-electron chi connectivity index (χ0n) is 33.2. The smallest absolute Gasteiger partial charge is 0.330 e. The van der Waals surface area contributed by atoms with Gasteiger partial charge < -0.3 is 9.47 Å². The van der Waals surface area contributed by atoms with Crippen LogP contribution in [0.2, 0.25) is 0 Å². The number of unbranched alkanes of at least 4 members (excludes halogenated alkanes) is 30. The van der Waals surface area contributed by atoms with Gasteiger partial charge in [-0.05, 0) is 19.3 Å². The summed E-state index contributed by atoms with van der Waals surface area (Å²) in [6.07, 6.45) is 45.8. The zero-order valence-corrected chi connectivity index (χ0v) is 33.2. The van der Waals surface area contributed by atoms with Gasteiger partial charge in [-0.1, -0.05) is 227 Å². The second kappa shape index (κ2) is 43.7. The summed E-state index contributed by atoms with van der Waals surface area (Å²) < 4.78 is 10.2. The molecule has 0 aliphatic rings. The maximum absolute atomic E-state index is 11.5. The normalized spacial score (nSPS) is 11.5. The van der Waals surface area contributed by atoms with Crippen LogP contribution in [0.3, 0.4) is 0 Å². The number of rotatable bonds is 37. The molecule has 0 radical (unpaired) electrons. The molecule has 1 atom stereocenters. The van der Waals surface area contributed by atoms with E-state index in [9.17, 15) is 9.59 Å². The van der Waals surface area contributed by atoms with Crippen molar-refractivity contribution in [1.29, 1.82) is 0 Å². The van der Waals surface area contributed by atoms with Crippen LogP contribution in [0.25, 0.3) is 0 Å². The second-order valence-corrected chi connectivity index (χ2v) is 14.5. The van der Waals surface area contributed by atoms with E-state index < -0.39 is 0 Å². The molecule has 0 saturated carbocycles. The highest BCUT2D eigenvalue weighted by molar-refractivity contribution is 5.81. The first-order chi connectivity index (χ1) is 23.5. The molecule has 0 saturated heterocycles. The van der Waals surface area contributed by atoms with Crippen LogP contribution >= 0.6 is 0 Å². The van der Waals surface area contributed by atoms with E-state index in [-0.39, 0.29) is 17.9 Å². The van der Waals surface area contributed by atoms with E-state index in [0.717, 1.165) is 19.3 Å². The van der Waals surface area contributed by atoms with Gasteiger partial charge in [-0.15, -0.1) is 0 Å².